The van der Waals surface area contributed by atoms with E-state index in [1.165, 1.54) is 34.9 Å². The normalized spacial score (nSPS) is 21.7. The maximum Gasteiger partial charge on any atom is 0.433 e. The van der Waals surface area contributed by atoms with E-state index in [1.807, 2.05) is 0 Å². The number of pyridine rings is 1. The number of amides is 1. The lowest BCUT2D eigenvalue weighted by atomic mass is 10.1. The van der Waals surface area contributed by atoms with Gasteiger partial charge in [-0.1, -0.05) is 0 Å². The molecular weight excluding hydrogens is 502 g/mol. The molecule has 2 aromatic heterocycles. The van der Waals surface area contributed by atoms with E-state index >= 15 is 0 Å². The molecule has 1 aliphatic carbocycles. The minimum atomic E-state index is -4.56. The number of alkyl halides is 3. The highest BCUT2D eigenvalue weighted by atomic mass is 32.2. The van der Waals surface area contributed by atoms with Crippen molar-refractivity contribution in [1.29, 1.82) is 0 Å². The fourth-order valence-corrected chi connectivity index (χ4v) is 6.23. The lowest BCUT2D eigenvalue weighted by Gasteiger charge is -2.26. The topological polar surface area (TPSA) is 105 Å². The van der Waals surface area contributed by atoms with Crippen molar-refractivity contribution in [3.8, 4) is 11.3 Å². The summed E-state index contributed by atoms with van der Waals surface area (Å²) in [6, 6.07) is 6.87. The Kier molecular flexibility index (Phi) is 5.99. The van der Waals surface area contributed by atoms with E-state index in [0.717, 1.165) is 24.4 Å². The predicted molar refractivity (Wildman–Crippen MR) is 118 cm³/mol. The number of halogens is 4. The van der Waals surface area contributed by atoms with Crippen molar-refractivity contribution >= 4 is 15.9 Å². The van der Waals surface area contributed by atoms with Crippen molar-refractivity contribution in [3.63, 3.8) is 0 Å². The number of fused-ring (bicyclic) bond motifs is 1. The number of nitrogens with one attached hydrogen (secondary N) is 1. The molecule has 2 aliphatic rings. The van der Waals surface area contributed by atoms with Crippen LogP contribution < -0.4 is 5.32 Å². The second kappa shape index (κ2) is 8.89. The van der Waals surface area contributed by atoms with Crippen LogP contribution in [-0.2, 0) is 27.5 Å². The van der Waals surface area contributed by atoms with Crippen LogP contribution in [0.4, 0.5) is 17.6 Å². The van der Waals surface area contributed by atoms with Crippen molar-refractivity contribution < 1.29 is 30.8 Å². The highest BCUT2D eigenvalue weighted by Crippen LogP contribution is 2.50. The SMILES string of the molecule is O=C(NCc1cc(-c2ccc(C(F)(F)F)nc2)ncn1)[C@@H]1C[C@H]2CC2N1S(=O)(=O)c1ccc(F)cc1. The van der Waals surface area contributed by atoms with Gasteiger partial charge < -0.3 is 5.32 Å². The number of sulfonamides is 1. The third kappa shape index (κ3) is 4.67. The molecule has 1 aliphatic heterocycles. The lowest BCUT2D eigenvalue weighted by molar-refractivity contribution is -0.141. The van der Waals surface area contributed by atoms with Crippen LogP contribution in [0.3, 0.4) is 0 Å². The Bertz CT molecular complexity index is 1400. The average Bonchev–Trinajstić information content (AvgIpc) is 3.50. The van der Waals surface area contributed by atoms with E-state index in [0.29, 0.717) is 29.8 Å². The van der Waals surface area contributed by atoms with Gasteiger partial charge in [-0.15, -0.1) is 0 Å². The average molecular weight is 521 g/mol. The molecule has 188 valence electrons. The zero-order valence-corrected chi connectivity index (χ0v) is 19.3. The Morgan fingerprint density at radius 1 is 1.06 bits per heavy atom. The van der Waals surface area contributed by atoms with E-state index < -0.39 is 39.7 Å². The maximum atomic E-state index is 13.3. The molecular formula is C23H19F4N5O3S. The van der Waals surface area contributed by atoms with E-state index in [9.17, 15) is 30.8 Å². The van der Waals surface area contributed by atoms with Gasteiger partial charge in [-0.25, -0.2) is 22.8 Å². The Hall–Kier alpha value is -3.45. The summed E-state index contributed by atoms with van der Waals surface area (Å²) in [4.78, 5) is 24.4. The van der Waals surface area contributed by atoms with Gasteiger partial charge in [0.25, 0.3) is 0 Å². The molecule has 1 unspecified atom stereocenters. The molecule has 0 spiro atoms. The summed E-state index contributed by atoms with van der Waals surface area (Å²) in [7, 11) is -4.00. The molecule has 3 heterocycles. The Balaban J connectivity index is 1.28. The monoisotopic (exact) mass is 521 g/mol. The van der Waals surface area contributed by atoms with Gasteiger partial charge in [0, 0.05) is 17.8 Å². The van der Waals surface area contributed by atoms with Crippen LogP contribution in [0, 0.1) is 11.7 Å². The highest BCUT2D eigenvalue weighted by Gasteiger charge is 2.58. The summed E-state index contributed by atoms with van der Waals surface area (Å²) < 4.78 is 79.1. The van der Waals surface area contributed by atoms with Gasteiger partial charge in [0.05, 0.1) is 22.8 Å². The summed E-state index contributed by atoms with van der Waals surface area (Å²) in [6.07, 6.45) is -1.25. The number of hydrogen-bond donors (Lipinski definition) is 1. The summed E-state index contributed by atoms with van der Waals surface area (Å²) >= 11 is 0. The Labute approximate surface area is 203 Å². The maximum absolute atomic E-state index is 13.3. The van der Waals surface area contributed by atoms with Crippen molar-refractivity contribution in [2.24, 2.45) is 5.92 Å². The number of piperidine rings is 1. The second-order valence-corrected chi connectivity index (χ2v) is 10.5. The van der Waals surface area contributed by atoms with Crippen molar-refractivity contribution in [2.75, 3.05) is 0 Å². The van der Waals surface area contributed by atoms with Crippen LogP contribution in [0.1, 0.15) is 24.2 Å². The molecule has 1 saturated heterocycles. The van der Waals surface area contributed by atoms with Crippen molar-refractivity contribution in [1.82, 2.24) is 24.6 Å². The van der Waals surface area contributed by atoms with E-state index in [4.69, 9.17) is 0 Å². The van der Waals surface area contributed by atoms with Gasteiger partial charge in [0.2, 0.25) is 15.9 Å². The zero-order chi connectivity index (χ0) is 25.7. The number of aromatic nitrogens is 3. The predicted octanol–water partition coefficient (Wildman–Crippen LogP) is 3.16. The van der Waals surface area contributed by atoms with Gasteiger partial charge in [0.1, 0.15) is 23.9 Å². The molecule has 1 N–H and O–H groups in total. The van der Waals surface area contributed by atoms with Crippen molar-refractivity contribution in [2.45, 2.75) is 42.5 Å². The first-order valence-electron chi connectivity index (χ1n) is 11.0. The number of rotatable bonds is 6. The number of carbonyl (C=O) groups excluding carboxylic acids is 1. The molecule has 8 nitrogen and oxygen atoms in total. The van der Waals surface area contributed by atoms with Crippen LogP contribution in [0.5, 0.6) is 0 Å². The molecule has 1 saturated carbocycles. The molecule has 1 aromatic carbocycles. The second-order valence-electron chi connectivity index (χ2n) is 8.65. The fraction of sp³-hybridized carbons (Fsp3) is 0.304. The summed E-state index contributed by atoms with van der Waals surface area (Å²) in [5.41, 5.74) is 0.00965. The Morgan fingerprint density at radius 3 is 2.47 bits per heavy atom. The van der Waals surface area contributed by atoms with Gasteiger partial charge in [-0.3, -0.25) is 9.78 Å². The van der Waals surface area contributed by atoms with E-state index in [2.05, 4.69) is 20.3 Å². The first-order chi connectivity index (χ1) is 17.0. The smallest absolute Gasteiger partial charge is 0.349 e. The molecule has 2 fully saturated rings. The summed E-state index contributed by atoms with van der Waals surface area (Å²) in [6.45, 7) is -0.0430. The van der Waals surface area contributed by atoms with E-state index in [1.54, 1.807) is 0 Å². The number of benzene rings is 1. The zero-order valence-electron chi connectivity index (χ0n) is 18.5. The van der Waals surface area contributed by atoms with Crippen LogP contribution in [0.15, 0.2) is 59.9 Å². The van der Waals surface area contributed by atoms with Crippen LogP contribution in [0.25, 0.3) is 11.3 Å². The molecule has 0 radical (unpaired) electrons. The minimum Gasteiger partial charge on any atom is -0.349 e. The minimum absolute atomic E-state index is 0.0430. The summed E-state index contributed by atoms with van der Waals surface area (Å²) in [5, 5.41) is 2.69. The van der Waals surface area contributed by atoms with Gasteiger partial charge in [0.15, 0.2) is 0 Å². The van der Waals surface area contributed by atoms with Gasteiger partial charge >= 0.3 is 6.18 Å². The van der Waals surface area contributed by atoms with Crippen LogP contribution in [-0.4, -0.2) is 45.7 Å². The molecule has 13 heteroatoms. The molecule has 1 amide bonds. The standard InChI is InChI=1S/C23H19F4N5O3S/c24-15-2-4-17(5-3-15)36(34,35)32-19-7-14(19)8-20(32)22(33)29-11-16-9-18(31-12-30-16)13-1-6-21(28-10-13)23(25,26)27/h1-6,9-10,12,14,19-20H,7-8,11H2,(H,29,33)/t14-,19?,20+/m1/s1. The van der Waals surface area contributed by atoms with Crippen LogP contribution in [0.2, 0.25) is 0 Å². The van der Waals surface area contributed by atoms with Gasteiger partial charge in [-0.2, -0.15) is 17.5 Å². The van der Waals surface area contributed by atoms with Gasteiger partial charge in [-0.05, 0) is 61.2 Å². The lowest BCUT2D eigenvalue weighted by Crippen LogP contribution is -2.47. The molecule has 3 atom stereocenters. The fourth-order valence-electron chi connectivity index (χ4n) is 4.38. The largest absolute Gasteiger partial charge is 0.433 e. The Morgan fingerprint density at radius 2 is 1.81 bits per heavy atom. The molecule has 0 bridgehead atoms. The summed E-state index contributed by atoms with van der Waals surface area (Å²) in [5.74, 6) is -0.969. The molecule has 36 heavy (non-hydrogen) atoms. The third-order valence-corrected chi connectivity index (χ3v) is 8.20. The molecule has 3 aromatic rings. The third-order valence-electron chi connectivity index (χ3n) is 6.25. The quantitative estimate of drug-likeness (QED) is 0.500. The number of carbonyl (C=O) groups is 1. The highest BCUT2D eigenvalue weighted by molar-refractivity contribution is 7.89. The van der Waals surface area contributed by atoms with Crippen molar-refractivity contribution in [3.05, 3.63) is 72.2 Å². The molecule has 5 rings (SSSR count). The first kappa shape index (κ1) is 24.3. The number of nitrogens with zero attached hydrogens (tertiary/aromatic N) is 4. The van der Waals surface area contributed by atoms with Crippen LogP contribution >= 0.6 is 0 Å². The number of hydrogen-bond acceptors (Lipinski definition) is 6. The van der Waals surface area contributed by atoms with E-state index in [-0.39, 0.29) is 23.4 Å². The first-order valence-corrected chi connectivity index (χ1v) is 12.4.